The lowest BCUT2D eigenvalue weighted by molar-refractivity contribution is -0.145. The summed E-state index contributed by atoms with van der Waals surface area (Å²) in [7, 11) is 0. The fourth-order valence-electron chi connectivity index (χ4n) is 1.98. The first-order chi connectivity index (χ1) is 9.24. The van der Waals surface area contributed by atoms with Crippen LogP contribution in [0.3, 0.4) is 0 Å². The molecule has 0 bridgehead atoms. The van der Waals surface area contributed by atoms with Crippen LogP contribution in [0.25, 0.3) is 0 Å². The summed E-state index contributed by atoms with van der Waals surface area (Å²) >= 11 is 0. The molecule has 0 radical (unpaired) electrons. The molecule has 0 unspecified atom stereocenters. The Bertz CT molecular complexity index is 238. The molecule has 0 N–H and O–H groups in total. The molecule has 2 nitrogen and oxygen atoms in total. The predicted octanol–water partition coefficient (Wildman–Crippen LogP) is 5.19. The zero-order valence-corrected chi connectivity index (χ0v) is 12.5. The summed E-state index contributed by atoms with van der Waals surface area (Å²) in [6, 6.07) is 0. The Labute approximate surface area is 118 Å². The van der Waals surface area contributed by atoms with Crippen LogP contribution in [-0.2, 0) is 9.53 Å². The summed E-state index contributed by atoms with van der Waals surface area (Å²) in [4.78, 5) is 11.5. The molecule has 2 heteroatoms. The molecule has 0 heterocycles. The SMILES string of the molecule is C=CC(C=C)OC(=O)CCCCCCCCCCC. The van der Waals surface area contributed by atoms with E-state index < -0.39 is 0 Å². The van der Waals surface area contributed by atoms with Crippen LogP contribution in [0.4, 0.5) is 0 Å². The Balaban J connectivity index is 3.31. The Morgan fingerprint density at radius 1 is 0.947 bits per heavy atom. The summed E-state index contributed by atoms with van der Waals surface area (Å²) in [6.07, 6.45) is 14.6. The number of carbonyl (C=O) groups is 1. The lowest BCUT2D eigenvalue weighted by Gasteiger charge is -2.09. The minimum Gasteiger partial charge on any atom is -0.454 e. The van der Waals surface area contributed by atoms with Gasteiger partial charge in [-0.05, 0) is 18.6 Å². The zero-order valence-electron chi connectivity index (χ0n) is 12.5. The predicted molar refractivity (Wildman–Crippen MR) is 82.1 cm³/mol. The van der Waals surface area contributed by atoms with Crippen LogP contribution in [0.1, 0.15) is 71.1 Å². The van der Waals surface area contributed by atoms with Gasteiger partial charge in [0.05, 0.1) is 0 Å². The van der Waals surface area contributed by atoms with E-state index >= 15 is 0 Å². The van der Waals surface area contributed by atoms with Gasteiger partial charge < -0.3 is 4.74 Å². The van der Waals surface area contributed by atoms with Gasteiger partial charge in [0.15, 0.2) is 0 Å². The molecular weight excluding hydrogens is 236 g/mol. The van der Waals surface area contributed by atoms with Gasteiger partial charge in [-0.15, -0.1) is 0 Å². The summed E-state index contributed by atoms with van der Waals surface area (Å²) in [5.74, 6) is -0.146. The van der Waals surface area contributed by atoms with Crippen molar-refractivity contribution in [2.45, 2.75) is 77.2 Å². The van der Waals surface area contributed by atoms with Crippen molar-refractivity contribution in [2.75, 3.05) is 0 Å². The number of unbranched alkanes of at least 4 members (excludes halogenated alkanes) is 8. The third-order valence-electron chi connectivity index (χ3n) is 3.22. The number of esters is 1. The van der Waals surface area contributed by atoms with Gasteiger partial charge in [-0.3, -0.25) is 4.79 Å². The Kier molecular flexibility index (Phi) is 12.6. The maximum absolute atomic E-state index is 11.5. The Hall–Kier alpha value is -1.05. The van der Waals surface area contributed by atoms with Crippen molar-refractivity contribution in [3.05, 3.63) is 25.3 Å². The molecule has 0 amide bonds. The maximum Gasteiger partial charge on any atom is 0.306 e. The summed E-state index contributed by atoms with van der Waals surface area (Å²) in [5.41, 5.74) is 0. The van der Waals surface area contributed by atoms with Gasteiger partial charge in [-0.2, -0.15) is 0 Å². The monoisotopic (exact) mass is 266 g/mol. The largest absolute Gasteiger partial charge is 0.454 e. The Morgan fingerprint density at radius 3 is 1.89 bits per heavy atom. The number of hydrogen-bond donors (Lipinski definition) is 0. The first-order valence-corrected chi connectivity index (χ1v) is 7.69. The van der Waals surface area contributed by atoms with Gasteiger partial charge >= 0.3 is 5.97 Å². The number of ether oxygens (including phenoxy) is 1. The molecule has 0 atom stereocenters. The van der Waals surface area contributed by atoms with Crippen LogP contribution in [0.5, 0.6) is 0 Å². The van der Waals surface area contributed by atoms with Crippen LogP contribution in [-0.4, -0.2) is 12.1 Å². The molecule has 0 aliphatic carbocycles. The molecule has 0 aliphatic heterocycles. The van der Waals surface area contributed by atoms with E-state index in [1.807, 2.05) is 0 Å². The second-order valence-electron chi connectivity index (χ2n) is 5.00. The second kappa shape index (κ2) is 13.4. The number of hydrogen-bond acceptors (Lipinski definition) is 2. The third-order valence-corrected chi connectivity index (χ3v) is 3.22. The van der Waals surface area contributed by atoms with Crippen molar-refractivity contribution in [1.29, 1.82) is 0 Å². The lowest BCUT2D eigenvalue weighted by Crippen LogP contribution is -2.12. The van der Waals surface area contributed by atoms with Crippen molar-refractivity contribution in [2.24, 2.45) is 0 Å². The van der Waals surface area contributed by atoms with Gasteiger partial charge in [0.2, 0.25) is 0 Å². The fraction of sp³-hybridized carbons (Fsp3) is 0.706. The highest BCUT2D eigenvalue weighted by molar-refractivity contribution is 5.69. The first-order valence-electron chi connectivity index (χ1n) is 7.69. The highest BCUT2D eigenvalue weighted by atomic mass is 16.5. The highest BCUT2D eigenvalue weighted by Crippen LogP contribution is 2.11. The second-order valence-corrected chi connectivity index (χ2v) is 5.00. The topological polar surface area (TPSA) is 26.3 Å². The zero-order chi connectivity index (χ0) is 14.3. The van der Waals surface area contributed by atoms with E-state index in [1.54, 1.807) is 12.2 Å². The molecule has 19 heavy (non-hydrogen) atoms. The van der Waals surface area contributed by atoms with E-state index in [-0.39, 0.29) is 12.1 Å². The fourth-order valence-corrected chi connectivity index (χ4v) is 1.98. The molecule has 0 aromatic heterocycles. The molecular formula is C17H30O2. The molecule has 0 spiro atoms. The summed E-state index contributed by atoms with van der Waals surface area (Å²) < 4.78 is 5.15. The molecule has 0 aromatic carbocycles. The average Bonchev–Trinajstić information content (AvgIpc) is 2.43. The van der Waals surface area contributed by atoms with Gasteiger partial charge in [0, 0.05) is 6.42 Å². The van der Waals surface area contributed by atoms with Crippen molar-refractivity contribution >= 4 is 5.97 Å². The van der Waals surface area contributed by atoms with Crippen LogP contribution in [0, 0.1) is 0 Å². The number of rotatable bonds is 13. The molecule has 0 aliphatic rings. The van der Waals surface area contributed by atoms with E-state index in [1.165, 1.54) is 44.9 Å². The van der Waals surface area contributed by atoms with Crippen LogP contribution < -0.4 is 0 Å². The molecule has 110 valence electrons. The summed E-state index contributed by atoms with van der Waals surface area (Å²) in [5, 5.41) is 0. The van der Waals surface area contributed by atoms with E-state index in [2.05, 4.69) is 20.1 Å². The lowest BCUT2D eigenvalue weighted by atomic mass is 10.1. The molecule has 0 aromatic rings. The van der Waals surface area contributed by atoms with Gasteiger partial charge in [-0.1, -0.05) is 71.4 Å². The van der Waals surface area contributed by atoms with Gasteiger partial charge in [0.1, 0.15) is 6.10 Å². The third kappa shape index (κ3) is 11.8. The van der Waals surface area contributed by atoms with E-state index in [0.717, 1.165) is 12.8 Å². The average molecular weight is 266 g/mol. The smallest absolute Gasteiger partial charge is 0.306 e. The van der Waals surface area contributed by atoms with Crippen molar-refractivity contribution in [3.63, 3.8) is 0 Å². The van der Waals surface area contributed by atoms with Crippen molar-refractivity contribution in [3.8, 4) is 0 Å². The van der Waals surface area contributed by atoms with Crippen LogP contribution in [0.2, 0.25) is 0 Å². The quantitative estimate of drug-likeness (QED) is 0.260. The molecule has 0 fully saturated rings. The Morgan fingerprint density at radius 2 is 1.42 bits per heavy atom. The van der Waals surface area contributed by atoms with E-state index in [0.29, 0.717) is 6.42 Å². The van der Waals surface area contributed by atoms with E-state index in [9.17, 15) is 4.79 Å². The first kappa shape index (κ1) is 17.9. The standard InChI is InChI=1S/C17H30O2/c1-4-7-8-9-10-11-12-13-14-15-17(18)19-16(5-2)6-3/h5-6,16H,2-4,7-15H2,1H3. The van der Waals surface area contributed by atoms with E-state index in [4.69, 9.17) is 4.74 Å². The molecule has 0 rings (SSSR count). The molecule has 0 saturated heterocycles. The normalized spacial score (nSPS) is 10.4. The number of carbonyl (C=O) groups excluding carboxylic acids is 1. The van der Waals surface area contributed by atoms with Crippen molar-refractivity contribution < 1.29 is 9.53 Å². The van der Waals surface area contributed by atoms with Gasteiger partial charge in [0.25, 0.3) is 0 Å². The molecule has 0 saturated carbocycles. The highest BCUT2D eigenvalue weighted by Gasteiger charge is 2.06. The minimum absolute atomic E-state index is 0.146. The minimum atomic E-state index is -0.342. The summed E-state index contributed by atoms with van der Waals surface area (Å²) in [6.45, 7) is 9.41. The van der Waals surface area contributed by atoms with Crippen LogP contribution in [0.15, 0.2) is 25.3 Å². The van der Waals surface area contributed by atoms with Gasteiger partial charge in [-0.25, -0.2) is 0 Å². The van der Waals surface area contributed by atoms with Crippen molar-refractivity contribution in [1.82, 2.24) is 0 Å². The maximum atomic E-state index is 11.5. The van der Waals surface area contributed by atoms with Crippen LogP contribution >= 0.6 is 0 Å².